The molecule has 0 aliphatic rings. The molecule has 27 heavy (non-hydrogen) atoms. The molecule has 0 atom stereocenters. The van der Waals surface area contributed by atoms with Crippen molar-refractivity contribution in [2.45, 2.75) is 0 Å². The number of carboxylic acid groups (broad SMARTS) is 1. The van der Waals surface area contributed by atoms with Crippen molar-refractivity contribution in [3.63, 3.8) is 0 Å². The third kappa shape index (κ3) is 4.61. The number of carbonyl (C=O) groups excluding carboxylic acids is 1. The first-order valence-corrected chi connectivity index (χ1v) is 8.25. The molecule has 3 aromatic carbocycles. The van der Waals surface area contributed by atoms with E-state index in [4.69, 9.17) is 5.11 Å². The molecular formula is C22H16N2O3. The van der Waals surface area contributed by atoms with Gasteiger partial charge in [-0.2, -0.15) is 5.10 Å². The predicted octanol–water partition coefficient (Wildman–Crippen LogP) is 4.09. The van der Waals surface area contributed by atoms with Crippen LogP contribution in [0.3, 0.4) is 0 Å². The molecule has 0 unspecified atom stereocenters. The van der Waals surface area contributed by atoms with Gasteiger partial charge in [0.1, 0.15) is 5.71 Å². The molecule has 0 saturated heterocycles. The van der Waals surface area contributed by atoms with Gasteiger partial charge in [-0.15, -0.1) is 5.10 Å². The number of hydrogen-bond donors (Lipinski definition) is 1. The van der Waals surface area contributed by atoms with Crippen LogP contribution < -0.4 is 0 Å². The van der Waals surface area contributed by atoms with Gasteiger partial charge in [0.2, 0.25) is 5.78 Å². The fourth-order valence-corrected chi connectivity index (χ4v) is 2.42. The predicted molar refractivity (Wildman–Crippen MR) is 105 cm³/mol. The number of rotatable bonds is 6. The number of carboxylic acids is 1. The van der Waals surface area contributed by atoms with E-state index in [1.54, 1.807) is 48.5 Å². The zero-order chi connectivity index (χ0) is 19.1. The topological polar surface area (TPSA) is 79.1 Å². The number of benzene rings is 3. The zero-order valence-corrected chi connectivity index (χ0v) is 14.3. The minimum Gasteiger partial charge on any atom is -0.478 e. The van der Waals surface area contributed by atoms with Gasteiger partial charge in [-0.3, -0.25) is 4.79 Å². The molecule has 132 valence electrons. The first-order chi connectivity index (χ1) is 13.1. The summed E-state index contributed by atoms with van der Waals surface area (Å²) in [4.78, 5) is 23.7. The Morgan fingerprint density at radius 3 is 1.81 bits per heavy atom. The first kappa shape index (κ1) is 17.9. The van der Waals surface area contributed by atoms with E-state index in [2.05, 4.69) is 10.2 Å². The summed E-state index contributed by atoms with van der Waals surface area (Å²) in [5.74, 6) is -1.21. The lowest BCUT2D eigenvalue weighted by molar-refractivity contribution is 0.0696. The minimum atomic E-state index is -0.990. The van der Waals surface area contributed by atoms with E-state index in [0.29, 0.717) is 16.7 Å². The third-order valence-electron chi connectivity index (χ3n) is 3.82. The summed E-state index contributed by atoms with van der Waals surface area (Å²) >= 11 is 0. The lowest BCUT2D eigenvalue weighted by Gasteiger charge is -2.04. The average molecular weight is 356 g/mol. The Balaban J connectivity index is 1.90. The summed E-state index contributed by atoms with van der Waals surface area (Å²) in [5.41, 5.74) is 2.31. The van der Waals surface area contributed by atoms with Gasteiger partial charge in [0.05, 0.1) is 11.8 Å². The molecule has 0 heterocycles. The SMILES string of the molecule is O=C(O)c1ccc(C=NN=C(C(=O)c2ccccc2)c2ccccc2)cc1. The number of carbonyl (C=O) groups is 2. The normalized spacial score (nSPS) is 11.5. The van der Waals surface area contributed by atoms with Crippen LogP contribution in [0.25, 0.3) is 0 Å². The van der Waals surface area contributed by atoms with Crippen LogP contribution in [0.5, 0.6) is 0 Å². The fraction of sp³-hybridized carbons (Fsp3) is 0. The number of Topliss-reactive ketones (excluding diaryl/α,β-unsaturated/α-hetero) is 1. The Bertz CT molecular complexity index is 993. The highest BCUT2D eigenvalue weighted by Gasteiger charge is 2.15. The summed E-state index contributed by atoms with van der Waals surface area (Å²) in [5, 5.41) is 17.1. The van der Waals surface area contributed by atoms with E-state index in [0.717, 1.165) is 0 Å². The lowest BCUT2D eigenvalue weighted by atomic mass is 10.0. The van der Waals surface area contributed by atoms with Gasteiger partial charge in [-0.05, 0) is 17.7 Å². The Kier molecular flexibility index (Phi) is 5.64. The Morgan fingerprint density at radius 2 is 1.26 bits per heavy atom. The lowest BCUT2D eigenvalue weighted by Crippen LogP contribution is -2.15. The molecule has 0 bridgehead atoms. The van der Waals surface area contributed by atoms with Crippen molar-refractivity contribution in [2.24, 2.45) is 10.2 Å². The highest BCUT2D eigenvalue weighted by Crippen LogP contribution is 2.10. The van der Waals surface area contributed by atoms with Crippen LogP contribution in [0.4, 0.5) is 0 Å². The molecule has 0 saturated carbocycles. The Hall–Kier alpha value is -3.86. The maximum absolute atomic E-state index is 12.8. The zero-order valence-electron chi connectivity index (χ0n) is 14.3. The van der Waals surface area contributed by atoms with Crippen molar-refractivity contribution in [1.82, 2.24) is 0 Å². The third-order valence-corrected chi connectivity index (χ3v) is 3.82. The number of ketones is 1. The van der Waals surface area contributed by atoms with Crippen molar-refractivity contribution in [1.29, 1.82) is 0 Å². The monoisotopic (exact) mass is 356 g/mol. The Labute approximate surface area is 156 Å². The van der Waals surface area contributed by atoms with E-state index in [1.807, 2.05) is 24.3 Å². The second-order valence-electron chi connectivity index (χ2n) is 5.68. The van der Waals surface area contributed by atoms with Gasteiger partial charge in [0.15, 0.2) is 0 Å². The molecule has 3 aromatic rings. The maximum atomic E-state index is 12.8. The van der Waals surface area contributed by atoms with Crippen LogP contribution in [-0.2, 0) is 0 Å². The van der Waals surface area contributed by atoms with Crippen molar-refractivity contribution in [3.8, 4) is 0 Å². The molecule has 5 nitrogen and oxygen atoms in total. The number of aromatic carboxylic acids is 1. The van der Waals surface area contributed by atoms with Gasteiger partial charge < -0.3 is 5.11 Å². The number of hydrogen-bond acceptors (Lipinski definition) is 4. The molecule has 0 spiro atoms. The molecule has 0 amide bonds. The van der Waals surface area contributed by atoms with Crippen LogP contribution in [0, 0.1) is 0 Å². The van der Waals surface area contributed by atoms with Gasteiger partial charge in [-0.25, -0.2) is 4.79 Å². The first-order valence-electron chi connectivity index (χ1n) is 8.25. The molecule has 0 fully saturated rings. The van der Waals surface area contributed by atoms with E-state index < -0.39 is 5.97 Å². The van der Waals surface area contributed by atoms with Gasteiger partial charge in [-0.1, -0.05) is 72.8 Å². The summed E-state index contributed by atoms with van der Waals surface area (Å²) < 4.78 is 0. The highest BCUT2D eigenvalue weighted by atomic mass is 16.4. The summed E-state index contributed by atoms with van der Waals surface area (Å²) in [6.45, 7) is 0. The molecule has 1 N–H and O–H groups in total. The van der Waals surface area contributed by atoms with Gasteiger partial charge in [0, 0.05) is 11.1 Å². The average Bonchev–Trinajstić information content (AvgIpc) is 2.72. The summed E-state index contributed by atoms with van der Waals surface area (Å²) in [6, 6.07) is 24.3. The fourth-order valence-electron chi connectivity index (χ4n) is 2.42. The Morgan fingerprint density at radius 1 is 0.704 bits per heavy atom. The molecule has 0 radical (unpaired) electrons. The largest absolute Gasteiger partial charge is 0.478 e. The highest BCUT2D eigenvalue weighted by molar-refractivity contribution is 6.51. The molecule has 0 aliphatic carbocycles. The van der Waals surface area contributed by atoms with Crippen LogP contribution in [-0.4, -0.2) is 28.8 Å². The molecule has 0 aliphatic heterocycles. The second-order valence-corrected chi connectivity index (χ2v) is 5.68. The molecule has 0 aromatic heterocycles. The van der Waals surface area contributed by atoms with Crippen molar-refractivity contribution >= 4 is 23.7 Å². The van der Waals surface area contributed by atoms with Crippen molar-refractivity contribution < 1.29 is 14.7 Å². The standard InChI is InChI=1S/C22H16N2O3/c25-21(18-9-5-2-6-10-18)20(17-7-3-1-4-8-17)24-23-15-16-11-13-19(14-12-16)22(26)27/h1-15H,(H,26,27). The molecule has 5 heteroatoms. The van der Waals surface area contributed by atoms with Crippen LogP contribution in [0.15, 0.2) is 95.1 Å². The van der Waals surface area contributed by atoms with Gasteiger partial charge in [0.25, 0.3) is 0 Å². The van der Waals surface area contributed by atoms with Crippen LogP contribution in [0.1, 0.15) is 31.8 Å². The van der Waals surface area contributed by atoms with Crippen molar-refractivity contribution in [2.75, 3.05) is 0 Å². The van der Waals surface area contributed by atoms with Crippen molar-refractivity contribution in [3.05, 3.63) is 107 Å². The second kappa shape index (κ2) is 8.49. The van der Waals surface area contributed by atoms with E-state index in [-0.39, 0.29) is 17.1 Å². The van der Waals surface area contributed by atoms with E-state index in [1.165, 1.54) is 18.3 Å². The van der Waals surface area contributed by atoms with Crippen LogP contribution in [0.2, 0.25) is 0 Å². The van der Waals surface area contributed by atoms with Crippen LogP contribution >= 0.6 is 0 Å². The molecular weight excluding hydrogens is 340 g/mol. The van der Waals surface area contributed by atoms with E-state index in [9.17, 15) is 9.59 Å². The minimum absolute atomic E-state index is 0.194. The maximum Gasteiger partial charge on any atom is 0.335 e. The number of nitrogens with zero attached hydrogens (tertiary/aromatic N) is 2. The summed E-state index contributed by atoms with van der Waals surface area (Å²) in [6.07, 6.45) is 1.48. The smallest absolute Gasteiger partial charge is 0.335 e. The van der Waals surface area contributed by atoms with Gasteiger partial charge >= 0.3 is 5.97 Å². The van der Waals surface area contributed by atoms with E-state index >= 15 is 0 Å². The quantitative estimate of drug-likeness (QED) is 0.410. The summed E-state index contributed by atoms with van der Waals surface area (Å²) in [7, 11) is 0. The molecule has 3 rings (SSSR count).